The number of benzene rings is 2. The number of carbonyl (C=O) groups is 2. The number of hydrogen-bond donors (Lipinski definition) is 1. The highest BCUT2D eigenvalue weighted by atomic mass is 32.2. The van der Waals surface area contributed by atoms with Crippen LogP contribution in [0.1, 0.15) is 39.2 Å². The van der Waals surface area contributed by atoms with E-state index in [2.05, 4.69) is 5.32 Å². The summed E-state index contributed by atoms with van der Waals surface area (Å²) in [5, 5.41) is 4.85. The van der Waals surface area contributed by atoms with Crippen LogP contribution in [0.15, 0.2) is 64.9 Å². The van der Waals surface area contributed by atoms with Crippen LogP contribution in [0.3, 0.4) is 0 Å². The molecular weight excluding hydrogens is 470 g/mol. The van der Waals surface area contributed by atoms with Gasteiger partial charge in [-0.2, -0.15) is 4.31 Å². The van der Waals surface area contributed by atoms with E-state index in [1.54, 1.807) is 28.4 Å². The summed E-state index contributed by atoms with van der Waals surface area (Å²) in [6.07, 6.45) is 2.16. The van der Waals surface area contributed by atoms with Crippen molar-refractivity contribution in [3.8, 4) is 0 Å². The van der Waals surface area contributed by atoms with Gasteiger partial charge in [0.25, 0.3) is 5.91 Å². The number of carbonyl (C=O) groups excluding carboxylic acids is 2. The predicted molar refractivity (Wildman–Crippen MR) is 131 cm³/mol. The summed E-state index contributed by atoms with van der Waals surface area (Å²) < 4.78 is 27.9. The number of fused-ring (bicyclic) bond motifs is 1. The van der Waals surface area contributed by atoms with Crippen molar-refractivity contribution in [2.75, 3.05) is 18.0 Å². The maximum absolute atomic E-state index is 13.2. The average Bonchev–Trinajstić information content (AvgIpc) is 3.51. The van der Waals surface area contributed by atoms with Gasteiger partial charge in [0.1, 0.15) is 0 Å². The van der Waals surface area contributed by atoms with Crippen LogP contribution in [0.4, 0.5) is 5.69 Å². The molecule has 2 amide bonds. The van der Waals surface area contributed by atoms with Crippen LogP contribution in [0.2, 0.25) is 0 Å². The van der Waals surface area contributed by atoms with E-state index in [0.29, 0.717) is 38.0 Å². The minimum absolute atomic E-state index is 0.124. The lowest BCUT2D eigenvalue weighted by Gasteiger charge is -2.26. The SMILES string of the molecule is O=C(NCc1ccc(N2CCCC2=O)cc1)c1cccc(S(=O)(=O)N2CCc3sccc3C2)c1. The molecule has 9 heteroatoms. The number of nitrogens with one attached hydrogen (secondary N) is 1. The molecular formula is C25H25N3O4S2. The second-order valence-electron chi connectivity index (χ2n) is 8.48. The van der Waals surface area contributed by atoms with Crippen molar-refractivity contribution in [3.63, 3.8) is 0 Å². The Bertz CT molecular complexity index is 1330. The molecule has 0 unspecified atom stereocenters. The Morgan fingerprint density at radius 1 is 1.03 bits per heavy atom. The van der Waals surface area contributed by atoms with Gasteiger partial charge < -0.3 is 10.2 Å². The van der Waals surface area contributed by atoms with Crippen molar-refractivity contribution < 1.29 is 18.0 Å². The molecule has 5 rings (SSSR count). The first-order chi connectivity index (χ1) is 16.4. The minimum Gasteiger partial charge on any atom is -0.348 e. The summed E-state index contributed by atoms with van der Waals surface area (Å²) in [5.41, 5.74) is 3.11. The second-order valence-corrected chi connectivity index (χ2v) is 11.4. The summed E-state index contributed by atoms with van der Waals surface area (Å²) in [7, 11) is -3.70. The van der Waals surface area contributed by atoms with Crippen LogP contribution >= 0.6 is 11.3 Å². The lowest BCUT2D eigenvalue weighted by atomic mass is 10.1. The fraction of sp³-hybridized carbons (Fsp3) is 0.280. The van der Waals surface area contributed by atoms with Crippen LogP contribution in [0.25, 0.3) is 0 Å². The van der Waals surface area contributed by atoms with Gasteiger partial charge in [-0.1, -0.05) is 18.2 Å². The number of amides is 2. The van der Waals surface area contributed by atoms with E-state index in [4.69, 9.17) is 0 Å². The summed E-state index contributed by atoms with van der Waals surface area (Å²) in [5.74, 6) is -0.203. The molecule has 1 fully saturated rings. The first-order valence-electron chi connectivity index (χ1n) is 11.2. The average molecular weight is 496 g/mol. The highest BCUT2D eigenvalue weighted by molar-refractivity contribution is 7.89. The fourth-order valence-corrected chi connectivity index (χ4v) is 6.73. The molecule has 2 aromatic carbocycles. The number of nitrogens with zero attached hydrogens (tertiary/aromatic N) is 2. The Balaban J connectivity index is 1.24. The number of anilines is 1. The number of hydrogen-bond acceptors (Lipinski definition) is 5. The molecule has 3 aromatic rings. The topological polar surface area (TPSA) is 86.8 Å². The normalized spacial score (nSPS) is 16.5. The smallest absolute Gasteiger partial charge is 0.251 e. The molecule has 3 heterocycles. The first-order valence-corrected chi connectivity index (χ1v) is 13.6. The second kappa shape index (κ2) is 9.32. The maximum atomic E-state index is 13.2. The first kappa shape index (κ1) is 22.8. The van der Waals surface area contributed by atoms with Crippen molar-refractivity contribution in [2.24, 2.45) is 0 Å². The molecule has 1 saturated heterocycles. The molecule has 34 heavy (non-hydrogen) atoms. The Hall–Kier alpha value is -3.01. The Morgan fingerprint density at radius 2 is 1.85 bits per heavy atom. The van der Waals surface area contributed by atoms with E-state index in [9.17, 15) is 18.0 Å². The standard InChI is InChI=1S/C25H25N3O4S2/c29-24-5-2-12-28(24)21-8-6-18(7-9-21)16-26-25(30)19-3-1-4-22(15-19)34(31,32)27-13-10-23-20(17-27)11-14-33-23/h1,3-4,6-9,11,14-15H,2,5,10,12-13,16-17H2,(H,26,30). The molecule has 0 saturated carbocycles. The Kier molecular flexibility index (Phi) is 6.24. The quantitative estimate of drug-likeness (QED) is 0.567. The van der Waals surface area contributed by atoms with E-state index in [-0.39, 0.29) is 16.7 Å². The molecule has 2 aliphatic heterocycles. The zero-order chi connectivity index (χ0) is 23.7. The van der Waals surface area contributed by atoms with Gasteiger partial charge >= 0.3 is 0 Å². The van der Waals surface area contributed by atoms with Crippen molar-refractivity contribution in [1.29, 1.82) is 0 Å². The van der Waals surface area contributed by atoms with Gasteiger partial charge in [0.2, 0.25) is 15.9 Å². The highest BCUT2D eigenvalue weighted by Gasteiger charge is 2.29. The Morgan fingerprint density at radius 3 is 2.62 bits per heavy atom. The van der Waals surface area contributed by atoms with Gasteiger partial charge in [-0.15, -0.1) is 11.3 Å². The molecule has 0 radical (unpaired) electrons. The zero-order valence-corrected chi connectivity index (χ0v) is 20.2. The van der Waals surface area contributed by atoms with Crippen molar-refractivity contribution in [2.45, 2.75) is 37.2 Å². The predicted octanol–water partition coefficient (Wildman–Crippen LogP) is 3.55. The molecule has 1 aromatic heterocycles. The molecule has 0 spiro atoms. The van der Waals surface area contributed by atoms with Crippen molar-refractivity contribution in [3.05, 3.63) is 81.5 Å². The summed E-state index contributed by atoms with van der Waals surface area (Å²) >= 11 is 1.66. The summed E-state index contributed by atoms with van der Waals surface area (Å²) in [4.78, 5) is 27.8. The molecule has 0 atom stereocenters. The fourth-order valence-electron chi connectivity index (χ4n) is 4.37. The lowest BCUT2D eigenvalue weighted by molar-refractivity contribution is -0.117. The third-order valence-electron chi connectivity index (χ3n) is 6.28. The largest absolute Gasteiger partial charge is 0.348 e. The van der Waals surface area contributed by atoms with Crippen LogP contribution in [-0.2, 0) is 34.3 Å². The third kappa shape index (κ3) is 4.51. The minimum atomic E-state index is -3.70. The number of rotatable bonds is 6. The van der Waals surface area contributed by atoms with Gasteiger partial charge in [0.15, 0.2) is 0 Å². The molecule has 7 nitrogen and oxygen atoms in total. The van der Waals surface area contributed by atoms with Crippen molar-refractivity contribution in [1.82, 2.24) is 9.62 Å². The third-order valence-corrected chi connectivity index (χ3v) is 9.15. The van der Waals surface area contributed by atoms with Gasteiger partial charge in [-0.05, 0) is 65.7 Å². The summed E-state index contributed by atoms with van der Waals surface area (Å²) in [6.45, 7) is 1.83. The number of thiophene rings is 1. The molecule has 0 aliphatic carbocycles. The maximum Gasteiger partial charge on any atom is 0.251 e. The van der Waals surface area contributed by atoms with Crippen molar-refractivity contribution >= 4 is 38.9 Å². The van der Waals surface area contributed by atoms with Gasteiger partial charge in [-0.25, -0.2) is 8.42 Å². The van der Waals surface area contributed by atoms with E-state index in [0.717, 1.165) is 29.8 Å². The molecule has 1 N–H and O–H groups in total. The highest BCUT2D eigenvalue weighted by Crippen LogP contribution is 2.28. The molecule has 2 aliphatic rings. The van der Waals surface area contributed by atoms with E-state index in [1.807, 2.05) is 35.7 Å². The Labute approximate surface area is 203 Å². The lowest BCUT2D eigenvalue weighted by Crippen LogP contribution is -2.35. The van der Waals surface area contributed by atoms with E-state index in [1.165, 1.54) is 21.3 Å². The van der Waals surface area contributed by atoms with Crippen LogP contribution in [0, 0.1) is 0 Å². The monoisotopic (exact) mass is 495 g/mol. The van der Waals surface area contributed by atoms with Gasteiger partial charge in [-0.3, -0.25) is 9.59 Å². The van der Waals surface area contributed by atoms with Crippen LogP contribution in [-0.4, -0.2) is 37.6 Å². The van der Waals surface area contributed by atoms with Gasteiger partial charge in [0.05, 0.1) is 4.90 Å². The molecule has 0 bridgehead atoms. The number of sulfonamides is 1. The van der Waals surface area contributed by atoms with Gasteiger partial charge in [0, 0.05) is 48.7 Å². The van der Waals surface area contributed by atoms with Crippen LogP contribution < -0.4 is 10.2 Å². The van der Waals surface area contributed by atoms with E-state index < -0.39 is 10.0 Å². The van der Waals surface area contributed by atoms with Crippen LogP contribution in [0.5, 0.6) is 0 Å². The molecule has 176 valence electrons. The van der Waals surface area contributed by atoms with E-state index >= 15 is 0 Å². The summed E-state index contributed by atoms with van der Waals surface area (Å²) in [6, 6.07) is 15.7. The zero-order valence-electron chi connectivity index (χ0n) is 18.6.